The number of piperidine rings is 1. The zero-order valence-corrected chi connectivity index (χ0v) is 13.9. The lowest BCUT2D eigenvalue weighted by Crippen LogP contribution is -2.48. The summed E-state index contributed by atoms with van der Waals surface area (Å²) in [6.07, 6.45) is 5.03. The van der Waals surface area contributed by atoms with E-state index in [0.29, 0.717) is 17.8 Å². The van der Waals surface area contributed by atoms with E-state index in [1.165, 1.54) is 18.2 Å². The molecule has 0 radical (unpaired) electrons. The molecule has 0 saturated carbocycles. The number of hydrogen-bond acceptors (Lipinski definition) is 5. The third-order valence-corrected chi connectivity index (χ3v) is 5.85. The summed E-state index contributed by atoms with van der Waals surface area (Å²) in [6.45, 7) is 4.31. The number of carbonyl (C=O) groups excluding carboxylic acids is 1. The highest BCUT2D eigenvalue weighted by Gasteiger charge is 2.28. The second-order valence-electron chi connectivity index (χ2n) is 5.54. The van der Waals surface area contributed by atoms with Crippen molar-refractivity contribution in [3.05, 3.63) is 17.8 Å². The first kappa shape index (κ1) is 14.8. The van der Waals surface area contributed by atoms with Crippen LogP contribution in [0.4, 0.5) is 0 Å². The van der Waals surface area contributed by atoms with Crippen LogP contribution in [0.1, 0.15) is 33.1 Å². The predicted octanol–water partition coefficient (Wildman–Crippen LogP) is 3.57. The van der Waals surface area contributed by atoms with Crippen molar-refractivity contribution in [1.29, 1.82) is 0 Å². The van der Waals surface area contributed by atoms with Gasteiger partial charge in [0.2, 0.25) is 5.91 Å². The van der Waals surface area contributed by atoms with Crippen LogP contribution in [0.25, 0.3) is 10.2 Å². The Labute approximate surface area is 133 Å². The van der Waals surface area contributed by atoms with Gasteiger partial charge in [-0.05, 0) is 44.6 Å². The molecule has 6 heteroatoms. The first-order chi connectivity index (χ1) is 10.2. The lowest BCUT2D eigenvalue weighted by molar-refractivity contribution is -0.134. The van der Waals surface area contributed by atoms with Gasteiger partial charge >= 0.3 is 0 Å². The molecule has 1 amide bonds. The minimum Gasteiger partial charge on any atom is -0.337 e. The van der Waals surface area contributed by atoms with Gasteiger partial charge in [0, 0.05) is 17.5 Å². The number of aromatic nitrogens is 2. The van der Waals surface area contributed by atoms with Crippen LogP contribution in [-0.4, -0.2) is 38.6 Å². The predicted molar refractivity (Wildman–Crippen MR) is 87.8 cm³/mol. The fourth-order valence-corrected chi connectivity index (χ4v) is 4.65. The molecule has 21 heavy (non-hydrogen) atoms. The molecule has 0 bridgehead atoms. The lowest BCUT2D eigenvalue weighted by atomic mass is 9.98. The van der Waals surface area contributed by atoms with Crippen molar-refractivity contribution < 1.29 is 4.79 Å². The summed E-state index contributed by atoms with van der Waals surface area (Å²) in [4.78, 5) is 24.1. The molecule has 1 aliphatic rings. The van der Waals surface area contributed by atoms with E-state index in [9.17, 15) is 4.79 Å². The summed E-state index contributed by atoms with van der Waals surface area (Å²) >= 11 is 3.13. The fourth-order valence-electron chi connectivity index (χ4n) is 3.00. The maximum Gasteiger partial charge on any atom is 0.233 e. The molecule has 3 heterocycles. The number of carbonyl (C=O) groups is 1. The van der Waals surface area contributed by atoms with Gasteiger partial charge < -0.3 is 4.90 Å². The van der Waals surface area contributed by atoms with E-state index >= 15 is 0 Å². The summed E-state index contributed by atoms with van der Waals surface area (Å²) in [7, 11) is 0. The molecule has 2 aromatic heterocycles. The molecule has 1 aliphatic heterocycles. The summed E-state index contributed by atoms with van der Waals surface area (Å²) < 4.78 is 0. The van der Waals surface area contributed by atoms with Crippen LogP contribution < -0.4 is 0 Å². The molecular weight excluding hydrogens is 302 g/mol. The monoisotopic (exact) mass is 321 g/mol. The van der Waals surface area contributed by atoms with Gasteiger partial charge in [-0.3, -0.25) is 4.79 Å². The van der Waals surface area contributed by atoms with Crippen LogP contribution in [0.2, 0.25) is 0 Å². The largest absolute Gasteiger partial charge is 0.337 e. The average Bonchev–Trinajstić information content (AvgIpc) is 2.93. The van der Waals surface area contributed by atoms with E-state index in [2.05, 4.69) is 28.7 Å². The Hall–Kier alpha value is -1.14. The van der Waals surface area contributed by atoms with Gasteiger partial charge in [-0.1, -0.05) is 11.8 Å². The molecule has 0 unspecified atom stereocenters. The Bertz CT molecular complexity index is 633. The minimum atomic E-state index is 0.224. The number of nitrogens with zero attached hydrogens (tertiary/aromatic N) is 3. The van der Waals surface area contributed by atoms with Crippen molar-refractivity contribution in [1.82, 2.24) is 14.9 Å². The Morgan fingerprint density at radius 2 is 2.14 bits per heavy atom. The van der Waals surface area contributed by atoms with Crippen molar-refractivity contribution >= 4 is 39.2 Å². The van der Waals surface area contributed by atoms with Gasteiger partial charge in [-0.25, -0.2) is 9.97 Å². The summed E-state index contributed by atoms with van der Waals surface area (Å²) in [5.41, 5.74) is 0. The molecule has 0 spiro atoms. The van der Waals surface area contributed by atoms with Crippen LogP contribution in [0.3, 0.4) is 0 Å². The van der Waals surface area contributed by atoms with Gasteiger partial charge in [-0.2, -0.15) is 0 Å². The molecular formula is C15H19N3OS2. The zero-order valence-electron chi connectivity index (χ0n) is 12.3. The van der Waals surface area contributed by atoms with Crippen LogP contribution in [0.5, 0.6) is 0 Å². The molecule has 0 N–H and O–H groups in total. The summed E-state index contributed by atoms with van der Waals surface area (Å²) in [6, 6.07) is 2.74. The SMILES string of the molecule is C[C@@H]1CCC[C@H](C)N1C(=O)CSc1ncnc2sccc12. The van der Waals surface area contributed by atoms with Crippen LogP contribution in [0, 0.1) is 0 Å². The third-order valence-electron chi connectivity index (χ3n) is 4.04. The molecule has 112 valence electrons. The van der Waals surface area contributed by atoms with Gasteiger partial charge in [0.05, 0.1) is 5.75 Å². The van der Waals surface area contributed by atoms with Crippen LogP contribution in [-0.2, 0) is 4.79 Å². The Morgan fingerprint density at radius 1 is 1.38 bits per heavy atom. The fraction of sp³-hybridized carbons (Fsp3) is 0.533. The molecule has 2 aromatic rings. The molecule has 0 aliphatic carbocycles. The number of thiophene rings is 1. The van der Waals surface area contributed by atoms with E-state index < -0.39 is 0 Å². The van der Waals surface area contributed by atoms with Crippen LogP contribution in [0.15, 0.2) is 22.8 Å². The van der Waals surface area contributed by atoms with Crippen LogP contribution >= 0.6 is 23.1 Å². The maximum absolute atomic E-state index is 12.5. The van der Waals surface area contributed by atoms with Crippen molar-refractivity contribution in [2.75, 3.05) is 5.75 Å². The number of thioether (sulfide) groups is 1. The summed E-state index contributed by atoms with van der Waals surface area (Å²) in [5.74, 6) is 0.679. The highest BCUT2D eigenvalue weighted by Crippen LogP contribution is 2.29. The molecule has 2 atom stereocenters. The molecule has 4 nitrogen and oxygen atoms in total. The first-order valence-electron chi connectivity index (χ1n) is 7.29. The van der Waals surface area contributed by atoms with Gasteiger partial charge in [0.1, 0.15) is 16.2 Å². The number of rotatable bonds is 3. The van der Waals surface area contributed by atoms with E-state index in [-0.39, 0.29) is 5.91 Å². The average molecular weight is 321 g/mol. The van der Waals surface area contributed by atoms with Crippen molar-refractivity contribution in [2.24, 2.45) is 0 Å². The Kier molecular flexibility index (Phi) is 4.45. The second-order valence-corrected chi connectivity index (χ2v) is 7.40. The number of fused-ring (bicyclic) bond motifs is 1. The van der Waals surface area contributed by atoms with E-state index in [1.807, 2.05) is 11.4 Å². The number of amides is 1. The van der Waals surface area contributed by atoms with Crippen molar-refractivity contribution in [3.63, 3.8) is 0 Å². The third kappa shape index (κ3) is 3.06. The normalized spacial score (nSPS) is 22.7. The van der Waals surface area contributed by atoms with E-state index in [4.69, 9.17) is 0 Å². The Morgan fingerprint density at radius 3 is 2.90 bits per heavy atom. The molecule has 0 aromatic carbocycles. The standard InChI is InChI=1S/C15H19N3OS2/c1-10-4-3-5-11(2)18(10)13(19)8-21-15-12-6-7-20-14(12)16-9-17-15/h6-7,9-11H,3-5,8H2,1-2H3/t10-,11+. The topological polar surface area (TPSA) is 46.1 Å². The van der Waals surface area contributed by atoms with E-state index in [0.717, 1.165) is 28.1 Å². The highest BCUT2D eigenvalue weighted by molar-refractivity contribution is 8.00. The zero-order chi connectivity index (χ0) is 14.8. The number of likely N-dealkylation sites (tertiary alicyclic amines) is 1. The quantitative estimate of drug-likeness (QED) is 0.640. The smallest absolute Gasteiger partial charge is 0.233 e. The van der Waals surface area contributed by atoms with Crippen molar-refractivity contribution in [2.45, 2.75) is 50.2 Å². The van der Waals surface area contributed by atoms with Crippen molar-refractivity contribution in [3.8, 4) is 0 Å². The van der Waals surface area contributed by atoms with E-state index in [1.54, 1.807) is 17.7 Å². The molecule has 1 saturated heterocycles. The molecule has 1 fully saturated rings. The summed E-state index contributed by atoms with van der Waals surface area (Å²) in [5, 5.41) is 3.98. The first-order valence-corrected chi connectivity index (χ1v) is 9.15. The Balaban J connectivity index is 1.69. The van der Waals surface area contributed by atoms with Gasteiger partial charge in [-0.15, -0.1) is 11.3 Å². The second kappa shape index (κ2) is 6.32. The number of hydrogen-bond donors (Lipinski definition) is 0. The van der Waals surface area contributed by atoms with Gasteiger partial charge in [0.25, 0.3) is 0 Å². The maximum atomic E-state index is 12.5. The molecule has 3 rings (SSSR count). The van der Waals surface area contributed by atoms with Gasteiger partial charge in [0.15, 0.2) is 0 Å². The highest BCUT2D eigenvalue weighted by atomic mass is 32.2. The lowest BCUT2D eigenvalue weighted by Gasteiger charge is -2.39. The minimum absolute atomic E-state index is 0.224.